The molecule has 1 aliphatic carbocycles. The molecule has 86 valence electrons. The number of hydrogen-bond donors (Lipinski definition) is 1. The molecule has 16 heavy (non-hydrogen) atoms. The summed E-state index contributed by atoms with van der Waals surface area (Å²) in [5, 5.41) is 3.73. The Balaban J connectivity index is 2.33. The van der Waals surface area contributed by atoms with Gasteiger partial charge in [0.15, 0.2) is 0 Å². The van der Waals surface area contributed by atoms with E-state index in [0.29, 0.717) is 10.6 Å². The molecule has 1 aromatic rings. The van der Waals surface area contributed by atoms with Gasteiger partial charge in [-0.3, -0.25) is 0 Å². The maximum absolute atomic E-state index is 11.4. The fraction of sp³-hybridized carbons (Fsp3) is 0.417. The van der Waals surface area contributed by atoms with Crippen LogP contribution in [0, 0.1) is 0 Å². The summed E-state index contributed by atoms with van der Waals surface area (Å²) in [5.41, 5.74) is 1.62. The summed E-state index contributed by atoms with van der Waals surface area (Å²) in [6.45, 7) is 0. The smallest absolute Gasteiger partial charge is 0.339 e. The number of esters is 1. The van der Waals surface area contributed by atoms with Crippen molar-refractivity contribution in [3.8, 4) is 0 Å². The van der Waals surface area contributed by atoms with E-state index in [1.165, 1.54) is 7.11 Å². The molecule has 0 atom stereocenters. The van der Waals surface area contributed by atoms with Crippen molar-refractivity contribution in [1.82, 2.24) is 5.32 Å². The molecule has 0 radical (unpaired) electrons. The lowest BCUT2D eigenvalue weighted by molar-refractivity contribution is 0.0601. The van der Waals surface area contributed by atoms with Crippen molar-refractivity contribution in [2.75, 3.05) is 14.2 Å². The number of methoxy groups -OCH3 is 1. The summed E-state index contributed by atoms with van der Waals surface area (Å²) in [4.78, 5) is 11.4. The largest absolute Gasteiger partial charge is 0.465 e. The Morgan fingerprint density at radius 1 is 1.50 bits per heavy atom. The van der Waals surface area contributed by atoms with Crippen molar-refractivity contribution in [3.63, 3.8) is 0 Å². The fourth-order valence-electron chi connectivity index (χ4n) is 1.90. The normalized spacial score (nSPS) is 16.9. The van der Waals surface area contributed by atoms with Crippen molar-refractivity contribution in [3.05, 3.63) is 34.3 Å². The third kappa shape index (κ3) is 1.81. The first-order valence-corrected chi connectivity index (χ1v) is 5.58. The molecular weight excluding hydrogens is 226 g/mol. The van der Waals surface area contributed by atoms with Crippen LogP contribution in [0.3, 0.4) is 0 Å². The highest BCUT2D eigenvalue weighted by Crippen LogP contribution is 2.45. The van der Waals surface area contributed by atoms with E-state index >= 15 is 0 Å². The van der Waals surface area contributed by atoms with Gasteiger partial charge in [-0.1, -0.05) is 17.7 Å². The van der Waals surface area contributed by atoms with Crippen LogP contribution in [0.1, 0.15) is 28.8 Å². The van der Waals surface area contributed by atoms with Crippen LogP contribution >= 0.6 is 11.6 Å². The van der Waals surface area contributed by atoms with Crippen LogP contribution in [0.25, 0.3) is 0 Å². The number of carbonyl (C=O) groups excluding carboxylic acids is 1. The molecular formula is C12H14ClNO2. The zero-order chi connectivity index (χ0) is 11.8. The second-order valence-corrected chi connectivity index (χ2v) is 4.43. The molecule has 0 aliphatic heterocycles. The van der Waals surface area contributed by atoms with Gasteiger partial charge in [0.1, 0.15) is 0 Å². The van der Waals surface area contributed by atoms with Gasteiger partial charge in [-0.25, -0.2) is 4.79 Å². The van der Waals surface area contributed by atoms with Gasteiger partial charge in [-0.2, -0.15) is 0 Å². The lowest BCUT2D eigenvalue weighted by atomic mass is 10.0. The molecule has 2 rings (SSSR count). The molecule has 1 saturated carbocycles. The minimum atomic E-state index is -0.397. The quantitative estimate of drug-likeness (QED) is 0.823. The van der Waals surface area contributed by atoms with Crippen molar-refractivity contribution >= 4 is 17.6 Å². The van der Waals surface area contributed by atoms with Crippen LogP contribution in [0.2, 0.25) is 5.02 Å². The molecule has 1 aromatic carbocycles. The third-order valence-corrected chi connectivity index (χ3v) is 3.47. The molecule has 0 unspecified atom stereocenters. The zero-order valence-electron chi connectivity index (χ0n) is 9.34. The van der Waals surface area contributed by atoms with Gasteiger partial charge in [0.25, 0.3) is 0 Å². The summed E-state index contributed by atoms with van der Waals surface area (Å²) >= 11 is 6.07. The van der Waals surface area contributed by atoms with Gasteiger partial charge in [0, 0.05) is 5.54 Å². The van der Waals surface area contributed by atoms with Crippen LogP contribution in [0.5, 0.6) is 0 Å². The zero-order valence-corrected chi connectivity index (χ0v) is 10.1. The van der Waals surface area contributed by atoms with Crippen molar-refractivity contribution in [1.29, 1.82) is 0 Å². The molecule has 0 amide bonds. The van der Waals surface area contributed by atoms with E-state index in [9.17, 15) is 4.79 Å². The van der Waals surface area contributed by atoms with Crippen LogP contribution in [0.15, 0.2) is 18.2 Å². The van der Waals surface area contributed by atoms with Gasteiger partial charge in [0.2, 0.25) is 0 Å². The third-order valence-electron chi connectivity index (χ3n) is 3.16. The van der Waals surface area contributed by atoms with Crippen molar-refractivity contribution in [2.45, 2.75) is 18.4 Å². The Morgan fingerprint density at radius 3 is 2.62 bits per heavy atom. The second kappa shape index (κ2) is 4.07. The lowest BCUT2D eigenvalue weighted by Crippen LogP contribution is -2.24. The molecule has 0 spiro atoms. The number of halogens is 1. The van der Waals surface area contributed by atoms with E-state index in [1.807, 2.05) is 19.2 Å². The van der Waals surface area contributed by atoms with Gasteiger partial charge in [0.05, 0.1) is 17.7 Å². The SMILES string of the molecule is CNC1(c2ccc(C(=O)OC)c(Cl)c2)CC1. The average Bonchev–Trinajstić information content (AvgIpc) is 3.09. The van der Waals surface area contributed by atoms with E-state index in [0.717, 1.165) is 18.4 Å². The average molecular weight is 240 g/mol. The molecule has 0 aromatic heterocycles. The van der Waals surface area contributed by atoms with Crippen LogP contribution in [0.4, 0.5) is 0 Å². The Hall–Kier alpha value is -1.06. The summed E-state index contributed by atoms with van der Waals surface area (Å²) in [7, 11) is 3.29. The Morgan fingerprint density at radius 2 is 2.19 bits per heavy atom. The van der Waals surface area contributed by atoms with E-state index in [1.54, 1.807) is 6.07 Å². The molecule has 1 N–H and O–H groups in total. The highest BCUT2D eigenvalue weighted by atomic mass is 35.5. The fourth-order valence-corrected chi connectivity index (χ4v) is 2.15. The topological polar surface area (TPSA) is 38.3 Å². The first-order chi connectivity index (χ1) is 7.63. The monoisotopic (exact) mass is 239 g/mol. The minimum Gasteiger partial charge on any atom is -0.465 e. The van der Waals surface area contributed by atoms with Gasteiger partial charge >= 0.3 is 5.97 Å². The predicted octanol–water partition coefficient (Wildman–Crippen LogP) is 2.34. The van der Waals surface area contributed by atoms with E-state index in [-0.39, 0.29) is 5.54 Å². The molecule has 1 aliphatic rings. The van der Waals surface area contributed by atoms with Crippen molar-refractivity contribution in [2.24, 2.45) is 0 Å². The van der Waals surface area contributed by atoms with Crippen molar-refractivity contribution < 1.29 is 9.53 Å². The molecule has 0 heterocycles. The Kier molecular flexibility index (Phi) is 2.91. The maximum Gasteiger partial charge on any atom is 0.339 e. The second-order valence-electron chi connectivity index (χ2n) is 4.02. The van der Waals surface area contributed by atoms with Crippen LogP contribution in [-0.2, 0) is 10.3 Å². The predicted molar refractivity (Wildman–Crippen MR) is 62.8 cm³/mol. The van der Waals surface area contributed by atoms with Gasteiger partial charge in [-0.05, 0) is 37.6 Å². The van der Waals surface area contributed by atoms with Crippen LogP contribution < -0.4 is 5.32 Å². The number of nitrogens with one attached hydrogen (secondary N) is 1. The molecule has 1 fully saturated rings. The molecule has 4 heteroatoms. The van der Waals surface area contributed by atoms with E-state index < -0.39 is 5.97 Å². The number of carbonyl (C=O) groups is 1. The molecule has 0 bridgehead atoms. The number of rotatable bonds is 3. The highest BCUT2D eigenvalue weighted by molar-refractivity contribution is 6.33. The summed E-state index contributed by atoms with van der Waals surface area (Å²) < 4.78 is 4.65. The highest BCUT2D eigenvalue weighted by Gasteiger charge is 2.42. The van der Waals surface area contributed by atoms with Gasteiger partial charge in [-0.15, -0.1) is 0 Å². The first kappa shape index (κ1) is 11.4. The molecule has 3 nitrogen and oxygen atoms in total. The van der Waals surface area contributed by atoms with E-state index in [4.69, 9.17) is 11.6 Å². The first-order valence-electron chi connectivity index (χ1n) is 5.20. The summed E-state index contributed by atoms with van der Waals surface area (Å²) in [6.07, 6.45) is 2.22. The summed E-state index contributed by atoms with van der Waals surface area (Å²) in [5.74, 6) is -0.397. The molecule has 0 saturated heterocycles. The van der Waals surface area contributed by atoms with E-state index in [2.05, 4.69) is 10.1 Å². The maximum atomic E-state index is 11.4. The number of benzene rings is 1. The number of ether oxygens (including phenoxy) is 1. The van der Waals surface area contributed by atoms with Gasteiger partial charge < -0.3 is 10.1 Å². The minimum absolute atomic E-state index is 0.0677. The Labute approximate surface area is 99.7 Å². The van der Waals surface area contributed by atoms with Crippen LogP contribution in [-0.4, -0.2) is 20.1 Å². The standard InChI is InChI=1S/C12H14ClNO2/c1-14-12(5-6-12)8-3-4-9(10(13)7-8)11(15)16-2/h3-4,7,14H,5-6H2,1-2H3. The summed E-state index contributed by atoms with van der Waals surface area (Å²) in [6, 6.07) is 5.50. The lowest BCUT2D eigenvalue weighted by Gasteiger charge is -2.15. The Bertz CT molecular complexity index is 427. The number of hydrogen-bond acceptors (Lipinski definition) is 3.